The number of aryl methyl sites for hydroxylation is 1. The maximum absolute atomic E-state index is 13.0. The highest BCUT2D eigenvalue weighted by Gasteiger charge is 2.54. The highest BCUT2D eigenvalue weighted by Crippen LogP contribution is 2.42. The number of carboxylic acid groups (broad SMARTS) is 1. The molecule has 1 unspecified atom stereocenters. The largest absolute Gasteiger partial charge is 0.497 e. The number of hydrogen-bond donors (Lipinski definition) is 1. The zero-order chi connectivity index (χ0) is 25.1. The SMILES string of the molecule is COc1ccc(CN2CCCC3(C2)CN(c2ccc(=O)n(C)c2)C3=O)cc1.O=C(O)C(F)(F)F. The molecule has 1 N–H and O–H groups in total. The first kappa shape index (κ1) is 25.3. The van der Waals surface area contributed by atoms with Gasteiger partial charge in [-0.05, 0) is 43.1 Å². The van der Waals surface area contributed by atoms with E-state index in [-0.39, 0.29) is 16.9 Å². The summed E-state index contributed by atoms with van der Waals surface area (Å²) in [5.41, 5.74) is 1.69. The molecule has 0 radical (unpaired) electrons. The van der Waals surface area contributed by atoms with Crippen molar-refractivity contribution >= 4 is 17.6 Å². The van der Waals surface area contributed by atoms with Crippen molar-refractivity contribution in [2.45, 2.75) is 25.6 Å². The first-order valence-corrected chi connectivity index (χ1v) is 10.6. The van der Waals surface area contributed by atoms with Gasteiger partial charge >= 0.3 is 12.1 Å². The van der Waals surface area contributed by atoms with E-state index in [0.29, 0.717) is 0 Å². The van der Waals surface area contributed by atoms with Gasteiger partial charge in [0.05, 0.1) is 18.2 Å². The summed E-state index contributed by atoms with van der Waals surface area (Å²) in [5, 5.41) is 7.12. The van der Waals surface area contributed by atoms with Crippen LogP contribution in [-0.2, 0) is 23.2 Å². The van der Waals surface area contributed by atoms with Crippen molar-refractivity contribution in [1.29, 1.82) is 0 Å². The number of hydrogen-bond acceptors (Lipinski definition) is 5. The first-order chi connectivity index (χ1) is 15.9. The van der Waals surface area contributed by atoms with E-state index < -0.39 is 12.1 Å². The summed E-state index contributed by atoms with van der Waals surface area (Å²) >= 11 is 0. The Labute approximate surface area is 194 Å². The fourth-order valence-corrected chi connectivity index (χ4v) is 4.24. The van der Waals surface area contributed by atoms with Crippen LogP contribution in [0.25, 0.3) is 0 Å². The van der Waals surface area contributed by atoms with Crippen molar-refractivity contribution in [1.82, 2.24) is 9.47 Å². The molecule has 1 aromatic carbocycles. The molecule has 0 saturated carbocycles. The third-order valence-electron chi connectivity index (χ3n) is 6.01. The number of carbonyl (C=O) groups is 2. The molecule has 1 atom stereocenters. The highest BCUT2D eigenvalue weighted by atomic mass is 19.4. The zero-order valence-electron chi connectivity index (χ0n) is 18.8. The van der Waals surface area contributed by atoms with Gasteiger partial charge in [-0.2, -0.15) is 13.2 Å². The number of pyridine rings is 1. The molecule has 4 rings (SSSR count). The van der Waals surface area contributed by atoms with Crippen molar-refractivity contribution in [2.75, 3.05) is 31.6 Å². The third kappa shape index (κ3) is 5.58. The minimum absolute atomic E-state index is 0.0650. The van der Waals surface area contributed by atoms with Gasteiger partial charge in [0.25, 0.3) is 0 Å². The van der Waals surface area contributed by atoms with Crippen LogP contribution in [0.15, 0.2) is 47.4 Å². The Morgan fingerprint density at radius 2 is 1.76 bits per heavy atom. The van der Waals surface area contributed by atoms with Gasteiger partial charge in [0.1, 0.15) is 5.75 Å². The van der Waals surface area contributed by atoms with Crippen LogP contribution >= 0.6 is 0 Å². The van der Waals surface area contributed by atoms with Crippen molar-refractivity contribution in [3.05, 3.63) is 58.5 Å². The standard InChI is InChI=1S/C21H25N3O3.C2HF3O2/c1-22-13-17(6-9-19(22)25)24-15-21(20(24)26)10-3-11-23(14-21)12-16-4-7-18(27-2)8-5-16;3-2(4,5)1(6)7/h4-9,13H,3,10-12,14-15H2,1-2H3;(H,6,7). The summed E-state index contributed by atoms with van der Waals surface area (Å²) < 4.78 is 38.5. The molecule has 1 spiro atoms. The van der Waals surface area contributed by atoms with Crippen molar-refractivity contribution in [3.63, 3.8) is 0 Å². The Balaban J connectivity index is 0.000000406. The maximum Gasteiger partial charge on any atom is 0.490 e. The van der Waals surface area contributed by atoms with Gasteiger partial charge in [-0.3, -0.25) is 14.5 Å². The molecular weight excluding hydrogens is 455 g/mol. The fraction of sp³-hybridized carbons (Fsp3) is 0.435. The van der Waals surface area contributed by atoms with Crippen LogP contribution in [0, 0.1) is 5.41 Å². The van der Waals surface area contributed by atoms with Crippen molar-refractivity contribution in [2.24, 2.45) is 12.5 Å². The van der Waals surface area contributed by atoms with Crippen LogP contribution in [0.2, 0.25) is 0 Å². The van der Waals surface area contributed by atoms with Gasteiger partial charge in [-0.15, -0.1) is 0 Å². The molecule has 184 valence electrons. The molecule has 1 aromatic heterocycles. The quantitative estimate of drug-likeness (QED) is 0.676. The number of piperidine rings is 1. The summed E-state index contributed by atoms with van der Waals surface area (Å²) in [4.78, 5) is 37.7. The first-order valence-electron chi connectivity index (χ1n) is 10.6. The van der Waals surface area contributed by atoms with Gasteiger partial charge < -0.3 is 19.3 Å². The summed E-state index contributed by atoms with van der Waals surface area (Å²) in [6.45, 7) is 3.38. The predicted molar refractivity (Wildman–Crippen MR) is 118 cm³/mol. The molecule has 2 aliphatic rings. The van der Waals surface area contributed by atoms with E-state index in [1.165, 1.54) is 16.2 Å². The van der Waals surface area contributed by atoms with E-state index in [4.69, 9.17) is 14.6 Å². The van der Waals surface area contributed by atoms with Gasteiger partial charge in [0.2, 0.25) is 11.5 Å². The van der Waals surface area contributed by atoms with Crippen LogP contribution in [0.3, 0.4) is 0 Å². The lowest BCUT2D eigenvalue weighted by atomic mass is 9.72. The van der Waals surface area contributed by atoms with E-state index in [1.807, 2.05) is 12.1 Å². The average molecular weight is 481 g/mol. The number of halogens is 3. The number of aromatic nitrogens is 1. The number of amides is 1. The predicted octanol–water partition coefficient (Wildman–Crippen LogP) is 2.66. The molecule has 3 heterocycles. The lowest BCUT2D eigenvalue weighted by molar-refractivity contribution is -0.192. The smallest absolute Gasteiger partial charge is 0.490 e. The number of nitrogens with zero attached hydrogens (tertiary/aromatic N) is 3. The lowest BCUT2D eigenvalue weighted by Crippen LogP contribution is -2.67. The topological polar surface area (TPSA) is 92.1 Å². The maximum atomic E-state index is 13.0. The van der Waals surface area contributed by atoms with Gasteiger partial charge in [-0.1, -0.05) is 12.1 Å². The fourth-order valence-electron chi connectivity index (χ4n) is 4.24. The second-order valence-corrected chi connectivity index (χ2v) is 8.47. The summed E-state index contributed by atoms with van der Waals surface area (Å²) in [5.74, 6) is -1.72. The molecule has 8 nitrogen and oxygen atoms in total. The average Bonchev–Trinajstić information content (AvgIpc) is 2.80. The number of carbonyl (C=O) groups excluding carboxylic acids is 1. The molecule has 1 amide bonds. The summed E-state index contributed by atoms with van der Waals surface area (Å²) in [6.07, 6.45) is -1.37. The van der Waals surface area contributed by atoms with Crippen LogP contribution in [0.5, 0.6) is 5.75 Å². The normalized spacial score (nSPS) is 20.4. The van der Waals surface area contributed by atoms with Crippen LogP contribution in [-0.4, -0.2) is 59.4 Å². The Hall–Kier alpha value is -3.34. The van der Waals surface area contributed by atoms with E-state index in [1.54, 1.807) is 31.3 Å². The number of methoxy groups -OCH3 is 1. The third-order valence-corrected chi connectivity index (χ3v) is 6.01. The number of benzene rings is 1. The number of aliphatic carboxylic acids is 1. The highest BCUT2D eigenvalue weighted by molar-refractivity contribution is 6.04. The van der Waals surface area contributed by atoms with Crippen LogP contribution < -0.4 is 15.2 Å². The number of alkyl halides is 3. The molecule has 0 bridgehead atoms. The van der Waals surface area contributed by atoms with Crippen LogP contribution in [0.4, 0.5) is 18.9 Å². The number of carboxylic acids is 1. The molecule has 0 aliphatic carbocycles. The van der Waals surface area contributed by atoms with Crippen molar-refractivity contribution < 1.29 is 32.6 Å². The number of anilines is 1. The second-order valence-electron chi connectivity index (χ2n) is 8.47. The molecule has 2 saturated heterocycles. The zero-order valence-corrected chi connectivity index (χ0v) is 18.8. The van der Waals surface area contributed by atoms with E-state index in [0.717, 1.165) is 50.5 Å². The van der Waals surface area contributed by atoms with Gasteiger partial charge in [0.15, 0.2) is 0 Å². The summed E-state index contributed by atoms with van der Waals surface area (Å²) in [6, 6.07) is 11.4. The minimum Gasteiger partial charge on any atom is -0.497 e. The van der Waals surface area contributed by atoms with Gasteiger partial charge in [-0.25, -0.2) is 4.79 Å². The number of likely N-dealkylation sites (tertiary alicyclic amines) is 1. The van der Waals surface area contributed by atoms with E-state index in [2.05, 4.69) is 17.0 Å². The molecule has 2 fully saturated rings. The molecule has 34 heavy (non-hydrogen) atoms. The number of β-lactam (4-membered cyclic amide) rings is 1. The lowest BCUT2D eigenvalue weighted by Gasteiger charge is -2.53. The van der Waals surface area contributed by atoms with Crippen LogP contribution in [0.1, 0.15) is 18.4 Å². The molecule has 11 heteroatoms. The Morgan fingerprint density at radius 1 is 1.12 bits per heavy atom. The Bertz CT molecular complexity index is 1100. The molecular formula is C23H26F3N3O5. The number of ether oxygens (including phenoxy) is 1. The summed E-state index contributed by atoms with van der Waals surface area (Å²) in [7, 11) is 3.38. The molecule has 2 aromatic rings. The second kappa shape index (κ2) is 9.88. The van der Waals surface area contributed by atoms with Gasteiger partial charge in [0, 0.05) is 38.9 Å². The minimum atomic E-state index is -5.08. The Kier molecular flexibility index (Phi) is 7.35. The van der Waals surface area contributed by atoms with E-state index in [9.17, 15) is 22.8 Å². The Morgan fingerprint density at radius 3 is 2.29 bits per heavy atom. The molecule has 2 aliphatic heterocycles. The van der Waals surface area contributed by atoms with E-state index >= 15 is 0 Å². The monoisotopic (exact) mass is 481 g/mol. The van der Waals surface area contributed by atoms with Crippen molar-refractivity contribution in [3.8, 4) is 5.75 Å². The number of rotatable bonds is 4.